The van der Waals surface area contributed by atoms with Crippen LogP contribution in [0.15, 0.2) is 36.5 Å². The molecule has 1 aromatic heterocycles. The fraction of sp³-hybridized carbons (Fsp3) is 0.267. The molecule has 1 heterocycles. The first-order chi connectivity index (χ1) is 10.0. The van der Waals surface area contributed by atoms with Gasteiger partial charge in [0, 0.05) is 24.5 Å². The Kier molecular flexibility index (Phi) is 4.84. The van der Waals surface area contributed by atoms with Crippen molar-refractivity contribution >= 4 is 11.7 Å². The number of hydrogen-bond donors (Lipinski definition) is 3. The van der Waals surface area contributed by atoms with Crippen LogP contribution in [0.3, 0.4) is 0 Å². The Morgan fingerprint density at radius 2 is 2.00 bits per heavy atom. The van der Waals surface area contributed by atoms with Gasteiger partial charge in [-0.1, -0.05) is 12.1 Å². The van der Waals surface area contributed by atoms with Gasteiger partial charge in [-0.05, 0) is 37.6 Å². The zero-order valence-electron chi connectivity index (χ0n) is 12.1. The van der Waals surface area contributed by atoms with Gasteiger partial charge < -0.3 is 16.4 Å². The number of aryl methyl sites for hydroxylation is 1. The number of carbonyl (C=O) groups excluding carboxylic acids is 1. The number of carbonyl (C=O) groups is 1. The highest BCUT2D eigenvalue weighted by atomic mass is 16.2. The Morgan fingerprint density at radius 3 is 2.62 bits per heavy atom. The molecule has 0 aliphatic rings. The summed E-state index contributed by atoms with van der Waals surface area (Å²) < 4.78 is 0. The number of rotatable bonds is 5. The maximum Gasteiger partial charge on any atom is 0.316 e. The monoisotopic (exact) mass is 285 g/mol. The molecule has 1 atom stereocenters. The molecule has 0 aliphatic carbocycles. The number of nitrogens with two attached hydrogens (primary N) is 1. The highest BCUT2D eigenvalue weighted by Crippen LogP contribution is 2.16. The molecule has 2 rings (SSSR count). The Morgan fingerprint density at radius 1 is 1.29 bits per heavy atom. The van der Waals surface area contributed by atoms with Crippen LogP contribution in [-0.2, 0) is 6.54 Å². The second-order valence-electron chi connectivity index (χ2n) is 4.81. The summed E-state index contributed by atoms with van der Waals surface area (Å²) in [6, 6.07) is 9.06. The SMILES string of the molecule is Cc1nccc(CNC(C)c2ccc(NC(N)=O)cc2)n1. The summed E-state index contributed by atoms with van der Waals surface area (Å²) in [5.74, 6) is 0.767. The standard InChI is InChI=1S/C15H19N5O/c1-10(18-9-14-7-8-17-11(2)19-14)12-3-5-13(6-4-12)20-15(16)21/h3-8,10,18H,9H2,1-2H3,(H3,16,20,21). The lowest BCUT2D eigenvalue weighted by molar-refractivity contribution is 0.259. The number of amides is 2. The quantitative estimate of drug-likeness (QED) is 0.784. The minimum absolute atomic E-state index is 0.169. The third-order valence-corrected chi connectivity index (χ3v) is 3.10. The molecular weight excluding hydrogens is 266 g/mol. The van der Waals surface area contributed by atoms with Crippen LogP contribution in [0.5, 0.6) is 0 Å². The Balaban J connectivity index is 1.93. The first kappa shape index (κ1) is 14.9. The van der Waals surface area contributed by atoms with Gasteiger partial charge in [0.2, 0.25) is 0 Å². The fourth-order valence-electron chi connectivity index (χ4n) is 1.98. The summed E-state index contributed by atoms with van der Waals surface area (Å²) in [5, 5.41) is 5.94. The molecule has 6 nitrogen and oxygen atoms in total. The van der Waals surface area contributed by atoms with E-state index in [1.54, 1.807) is 6.20 Å². The van der Waals surface area contributed by atoms with E-state index in [4.69, 9.17) is 5.73 Å². The van der Waals surface area contributed by atoms with Crippen molar-refractivity contribution in [2.24, 2.45) is 5.73 Å². The van der Waals surface area contributed by atoms with Crippen LogP contribution in [0.2, 0.25) is 0 Å². The smallest absolute Gasteiger partial charge is 0.316 e. The van der Waals surface area contributed by atoms with Crippen molar-refractivity contribution in [3.05, 3.63) is 53.6 Å². The molecule has 0 fully saturated rings. The number of nitrogens with zero attached hydrogens (tertiary/aromatic N) is 2. The number of hydrogen-bond acceptors (Lipinski definition) is 4. The van der Waals surface area contributed by atoms with Gasteiger partial charge >= 0.3 is 6.03 Å². The van der Waals surface area contributed by atoms with Crippen molar-refractivity contribution in [3.8, 4) is 0 Å². The molecule has 0 saturated carbocycles. The summed E-state index contributed by atoms with van der Waals surface area (Å²) in [7, 11) is 0. The summed E-state index contributed by atoms with van der Waals surface area (Å²) in [4.78, 5) is 19.2. The van der Waals surface area contributed by atoms with E-state index in [1.165, 1.54) is 0 Å². The Labute approximate surface area is 123 Å². The minimum Gasteiger partial charge on any atom is -0.351 e. The summed E-state index contributed by atoms with van der Waals surface area (Å²) in [6.45, 7) is 4.62. The molecular formula is C15H19N5O. The fourth-order valence-corrected chi connectivity index (χ4v) is 1.98. The molecule has 110 valence electrons. The number of benzene rings is 1. The van der Waals surface area contributed by atoms with Gasteiger partial charge in [0.15, 0.2) is 0 Å². The van der Waals surface area contributed by atoms with E-state index in [9.17, 15) is 4.79 Å². The molecule has 4 N–H and O–H groups in total. The van der Waals surface area contributed by atoms with Crippen molar-refractivity contribution in [1.82, 2.24) is 15.3 Å². The van der Waals surface area contributed by atoms with E-state index < -0.39 is 6.03 Å². The number of primary amides is 1. The lowest BCUT2D eigenvalue weighted by Gasteiger charge is -2.14. The zero-order chi connectivity index (χ0) is 15.2. The van der Waals surface area contributed by atoms with Gasteiger partial charge in [0.1, 0.15) is 5.82 Å². The Bertz CT molecular complexity index is 612. The average molecular weight is 285 g/mol. The number of anilines is 1. The topological polar surface area (TPSA) is 92.9 Å². The molecule has 1 aromatic carbocycles. The molecule has 0 radical (unpaired) electrons. The first-order valence-electron chi connectivity index (χ1n) is 6.73. The number of aromatic nitrogens is 2. The molecule has 2 aromatic rings. The van der Waals surface area contributed by atoms with Crippen LogP contribution in [0.25, 0.3) is 0 Å². The van der Waals surface area contributed by atoms with Crippen molar-refractivity contribution < 1.29 is 4.79 Å². The predicted octanol–water partition coefficient (Wildman–Crippen LogP) is 2.13. The number of urea groups is 1. The van der Waals surface area contributed by atoms with Crippen molar-refractivity contribution in [2.45, 2.75) is 26.4 Å². The average Bonchev–Trinajstić information content (AvgIpc) is 2.45. The van der Waals surface area contributed by atoms with Crippen LogP contribution >= 0.6 is 0 Å². The summed E-state index contributed by atoms with van der Waals surface area (Å²) in [5.41, 5.74) is 7.84. The van der Waals surface area contributed by atoms with Crippen LogP contribution in [-0.4, -0.2) is 16.0 Å². The van der Waals surface area contributed by atoms with E-state index in [-0.39, 0.29) is 6.04 Å². The van der Waals surface area contributed by atoms with Crippen LogP contribution in [0, 0.1) is 6.92 Å². The third-order valence-electron chi connectivity index (χ3n) is 3.10. The zero-order valence-corrected chi connectivity index (χ0v) is 12.1. The van der Waals surface area contributed by atoms with E-state index >= 15 is 0 Å². The molecule has 0 spiro atoms. The van der Waals surface area contributed by atoms with Crippen LogP contribution < -0.4 is 16.4 Å². The lowest BCUT2D eigenvalue weighted by Crippen LogP contribution is -2.20. The van der Waals surface area contributed by atoms with Crippen molar-refractivity contribution in [3.63, 3.8) is 0 Å². The second-order valence-corrected chi connectivity index (χ2v) is 4.81. The van der Waals surface area contributed by atoms with Gasteiger partial charge in [0.25, 0.3) is 0 Å². The molecule has 0 bridgehead atoms. The molecule has 1 unspecified atom stereocenters. The Hall–Kier alpha value is -2.47. The largest absolute Gasteiger partial charge is 0.351 e. The minimum atomic E-state index is -0.562. The third kappa shape index (κ3) is 4.54. The number of nitrogens with one attached hydrogen (secondary N) is 2. The molecule has 0 aliphatic heterocycles. The summed E-state index contributed by atoms with van der Waals surface area (Å²) >= 11 is 0. The highest BCUT2D eigenvalue weighted by molar-refractivity contribution is 5.87. The maximum atomic E-state index is 10.8. The van der Waals surface area contributed by atoms with E-state index in [1.807, 2.05) is 37.3 Å². The van der Waals surface area contributed by atoms with Gasteiger partial charge in [-0.2, -0.15) is 0 Å². The van der Waals surface area contributed by atoms with Crippen LogP contribution in [0.4, 0.5) is 10.5 Å². The van der Waals surface area contributed by atoms with Crippen molar-refractivity contribution in [2.75, 3.05) is 5.32 Å². The van der Waals surface area contributed by atoms with Crippen molar-refractivity contribution in [1.29, 1.82) is 0 Å². The summed E-state index contributed by atoms with van der Waals surface area (Å²) in [6.07, 6.45) is 1.76. The van der Waals surface area contributed by atoms with E-state index in [0.29, 0.717) is 12.2 Å². The van der Waals surface area contributed by atoms with E-state index in [0.717, 1.165) is 17.1 Å². The molecule has 21 heavy (non-hydrogen) atoms. The van der Waals surface area contributed by atoms with Gasteiger partial charge in [-0.15, -0.1) is 0 Å². The van der Waals surface area contributed by atoms with Gasteiger partial charge in [-0.25, -0.2) is 14.8 Å². The predicted molar refractivity (Wildman–Crippen MR) is 81.7 cm³/mol. The second kappa shape index (κ2) is 6.81. The normalized spacial score (nSPS) is 11.9. The van der Waals surface area contributed by atoms with Gasteiger partial charge in [-0.3, -0.25) is 0 Å². The van der Waals surface area contributed by atoms with Crippen LogP contribution in [0.1, 0.15) is 30.0 Å². The van der Waals surface area contributed by atoms with E-state index in [2.05, 4.69) is 27.5 Å². The molecule has 6 heteroatoms. The lowest BCUT2D eigenvalue weighted by atomic mass is 10.1. The van der Waals surface area contributed by atoms with Gasteiger partial charge in [0.05, 0.1) is 5.69 Å². The molecule has 2 amide bonds. The maximum absolute atomic E-state index is 10.8. The highest BCUT2D eigenvalue weighted by Gasteiger charge is 2.06. The first-order valence-corrected chi connectivity index (χ1v) is 6.73. The molecule has 0 saturated heterocycles.